The zero-order valence-corrected chi connectivity index (χ0v) is 12.8. The molecule has 0 unspecified atom stereocenters. The Labute approximate surface area is 133 Å². The first-order chi connectivity index (χ1) is 11.3. The van der Waals surface area contributed by atoms with E-state index in [4.69, 9.17) is 4.74 Å². The van der Waals surface area contributed by atoms with Crippen LogP contribution in [0.4, 0.5) is 0 Å². The van der Waals surface area contributed by atoms with Crippen LogP contribution in [0.3, 0.4) is 0 Å². The third-order valence-electron chi connectivity index (χ3n) is 3.47. The van der Waals surface area contributed by atoms with E-state index in [1.807, 2.05) is 30.3 Å². The third kappa shape index (κ3) is 3.50. The fourth-order valence-electron chi connectivity index (χ4n) is 2.19. The van der Waals surface area contributed by atoms with Gasteiger partial charge < -0.3 is 4.74 Å². The second-order valence-electron chi connectivity index (χ2n) is 5.14. The maximum Gasteiger partial charge on any atom is 0.357 e. The van der Waals surface area contributed by atoms with E-state index in [2.05, 4.69) is 27.4 Å². The molecule has 0 amide bonds. The predicted molar refractivity (Wildman–Crippen MR) is 83.6 cm³/mol. The van der Waals surface area contributed by atoms with Gasteiger partial charge in [-0.15, -0.1) is 5.10 Å². The number of aryl methyl sites for hydroxylation is 1. The first-order valence-electron chi connectivity index (χ1n) is 7.56. The summed E-state index contributed by atoms with van der Waals surface area (Å²) in [6, 6.07) is 11.1. The lowest BCUT2D eigenvalue weighted by Crippen LogP contribution is -2.12. The van der Waals surface area contributed by atoms with Crippen molar-refractivity contribution >= 4 is 16.9 Å². The van der Waals surface area contributed by atoms with Crippen LogP contribution in [-0.4, -0.2) is 31.2 Å². The van der Waals surface area contributed by atoms with Crippen LogP contribution in [0.1, 0.15) is 36.1 Å². The lowest BCUT2D eigenvalue weighted by molar-refractivity contribution is 0.0450. The number of benzene rings is 1. The van der Waals surface area contributed by atoms with Crippen molar-refractivity contribution in [3.05, 3.63) is 47.9 Å². The third-order valence-corrected chi connectivity index (χ3v) is 3.47. The van der Waals surface area contributed by atoms with Gasteiger partial charge in [0.15, 0.2) is 12.4 Å². The monoisotopic (exact) mass is 311 g/mol. The van der Waals surface area contributed by atoms with E-state index < -0.39 is 5.97 Å². The highest BCUT2D eigenvalue weighted by Gasteiger charge is 2.13. The number of hydrogen-bond donors (Lipinski definition) is 0. The number of nitrogens with zero attached hydrogens (tertiary/aromatic N) is 5. The molecule has 0 atom stereocenters. The molecule has 0 spiro atoms. The maximum absolute atomic E-state index is 12.1. The SMILES string of the molecule is CCCCn1nnnc1COC(=O)c1ccc2ccccc2n1. The molecule has 0 aliphatic carbocycles. The van der Waals surface area contributed by atoms with Gasteiger partial charge in [-0.05, 0) is 29.0 Å². The Bertz CT molecular complexity index is 815. The van der Waals surface area contributed by atoms with Gasteiger partial charge >= 0.3 is 5.97 Å². The zero-order valence-electron chi connectivity index (χ0n) is 12.8. The summed E-state index contributed by atoms with van der Waals surface area (Å²) in [7, 11) is 0. The average Bonchev–Trinajstić information content (AvgIpc) is 3.04. The molecule has 0 N–H and O–H groups in total. The van der Waals surface area contributed by atoms with Crippen LogP contribution in [0.25, 0.3) is 10.9 Å². The average molecular weight is 311 g/mol. The molecule has 3 rings (SSSR count). The number of aromatic nitrogens is 5. The molecule has 0 aliphatic heterocycles. The number of tetrazole rings is 1. The summed E-state index contributed by atoms with van der Waals surface area (Å²) in [4.78, 5) is 16.5. The summed E-state index contributed by atoms with van der Waals surface area (Å²) in [6.07, 6.45) is 2.01. The van der Waals surface area contributed by atoms with E-state index in [0.717, 1.165) is 23.7 Å². The van der Waals surface area contributed by atoms with Crippen molar-refractivity contribution in [2.45, 2.75) is 32.9 Å². The Balaban J connectivity index is 1.67. The molecule has 0 bridgehead atoms. The number of carbonyl (C=O) groups excluding carboxylic acids is 1. The number of carbonyl (C=O) groups is 1. The summed E-state index contributed by atoms with van der Waals surface area (Å²) in [5.41, 5.74) is 1.03. The van der Waals surface area contributed by atoms with E-state index in [9.17, 15) is 4.79 Å². The molecule has 0 radical (unpaired) electrons. The molecule has 0 saturated heterocycles. The summed E-state index contributed by atoms with van der Waals surface area (Å²) >= 11 is 0. The Kier molecular flexibility index (Phi) is 4.56. The minimum Gasteiger partial charge on any atom is -0.453 e. The number of para-hydroxylation sites is 1. The van der Waals surface area contributed by atoms with Crippen molar-refractivity contribution in [1.29, 1.82) is 0 Å². The molecule has 118 valence electrons. The first kappa shape index (κ1) is 15.1. The highest BCUT2D eigenvalue weighted by Crippen LogP contribution is 2.12. The van der Waals surface area contributed by atoms with Crippen molar-refractivity contribution < 1.29 is 9.53 Å². The van der Waals surface area contributed by atoms with E-state index in [0.29, 0.717) is 12.4 Å². The van der Waals surface area contributed by atoms with Crippen molar-refractivity contribution in [3.8, 4) is 0 Å². The molecule has 3 aromatic rings. The Morgan fingerprint density at radius 1 is 1.22 bits per heavy atom. The van der Waals surface area contributed by atoms with E-state index in [-0.39, 0.29) is 12.3 Å². The number of fused-ring (bicyclic) bond motifs is 1. The highest BCUT2D eigenvalue weighted by atomic mass is 16.5. The molecule has 0 saturated carbocycles. The molecule has 2 heterocycles. The number of esters is 1. The van der Waals surface area contributed by atoms with Gasteiger partial charge in [-0.3, -0.25) is 0 Å². The van der Waals surface area contributed by atoms with Crippen LogP contribution in [0.2, 0.25) is 0 Å². The molecular weight excluding hydrogens is 294 g/mol. The second kappa shape index (κ2) is 6.95. The van der Waals surface area contributed by atoms with Gasteiger partial charge in [0.2, 0.25) is 0 Å². The predicted octanol–water partition coefficient (Wildman–Crippen LogP) is 2.38. The van der Waals surface area contributed by atoms with Gasteiger partial charge in [-0.2, -0.15) is 0 Å². The standard InChI is InChI=1S/C16H17N5O2/c1-2-3-10-21-15(18-19-20-21)11-23-16(22)14-9-8-12-6-4-5-7-13(12)17-14/h4-9H,2-3,10-11H2,1H3. The fraction of sp³-hybridized carbons (Fsp3) is 0.312. The summed E-state index contributed by atoms with van der Waals surface area (Å²) in [6.45, 7) is 2.84. The topological polar surface area (TPSA) is 82.8 Å². The van der Waals surface area contributed by atoms with Crippen molar-refractivity contribution in [2.24, 2.45) is 0 Å². The Hall–Kier alpha value is -2.83. The van der Waals surface area contributed by atoms with E-state index in [1.54, 1.807) is 10.7 Å². The minimum absolute atomic E-state index is 0.0318. The molecule has 7 heteroatoms. The number of unbranched alkanes of at least 4 members (excludes halogenated alkanes) is 1. The zero-order chi connectivity index (χ0) is 16.1. The molecule has 23 heavy (non-hydrogen) atoms. The first-order valence-corrected chi connectivity index (χ1v) is 7.56. The molecule has 1 aromatic carbocycles. The lowest BCUT2D eigenvalue weighted by atomic mass is 10.2. The molecule has 7 nitrogen and oxygen atoms in total. The fourth-order valence-corrected chi connectivity index (χ4v) is 2.19. The number of ether oxygens (including phenoxy) is 1. The quantitative estimate of drug-likeness (QED) is 0.650. The van der Waals surface area contributed by atoms with Gasteiger partial charge in [0.1, 0.15) is 5.69 Å². The lowest BCUT2D eigenvalue weighted by Gasteiger charge is -2.06. The van der Waals surface area contributed by atoms with Crippen molar-refractivity contribution in [1.82, 2.24) is 25.2 Å². The van der Waals surface area contributed by atoms with Crippen LogP contribution >= 0.6 is 0 Å². The van der Waals surface area contributed by atoms with Crippen molar-refractivity contribution in [2.75, 3.05) is 0 Å². The second-order valence-corrected chi connectivity index (χ2v) is 5.14. The highest BCUT2D eigenvalue weighted by molar-refractivity contribution is 5.90. The molecular formula is C16H17N5O2. The largest absolute Gasteiger partial charge is 0.453 e. The van der Waals surface area contributed by atoms with Crippen LogP contribution in [-0.2, 0) is 17.9 Å². The van der Waals surface area contributed by atoms with Crippen molar-refractivity contribution in [3.63, 3.8) is 0 Å². The summed E-state index contributed by atoms with van der Waals surface area (Å²) in [5, 5.41) is 12.4. The van der Waals surface area contributed by atoms with E-state index >= 15 is 0 Å². The number of rotatable bonds is 6. The number of pyridine rings is 1. The summed E-state index contributed by atoms with van der Waals surface area (Å²) < 4.78 is 6.93. The summed E-state index contributed by atoms with van der Waals surface area (Å²) in [5.74, 6) is 0.0494. The van der Waals surface area contributed by atoms with E-state index in [1.165, 1.54) is 0 Å². The Morgan fingerprint density at radius 3 is 2.96 bits per heavy atom. The van der Waals surface area contributed by atoms with Crippen LogP contribution in [0.5, 0.6) is 0 Å². The van der Waals surface area contributed by atoms with Gasteiger partial charge in [-0.25, -0.2) is 14.5 Å². The van der Waals surface area contributed by atoms with Gasteiger partial charge in [0, 0.05) is 11.9 Å². The van der Waals surface area contributed by atoms with Crippen LogP contribution in [0.15, 0.2) is 36.4 Å². The maximum atomic E-state index is 12.1. The number of hydrogen-bond acceptors (Lipinski definition) is 6. The smallest absolute Gasteiger partial charge is 0.357 e. The van der Waals surface area contributed by atoms with Gasteiger partial charge in [0.25, 0.3) is 0 Å². The molecule has 0 aliphatic rings. The molecule has 0 fully saturated rings. The normalized spacial score (nSPS) is 10.8. The van der Waals surface area contributed by atoms with Crippen LogP contribution in [0, 0.1) is 0 Å². The van der Waals surface area contributed by atoms with Gasteiger partial charge in [-0.1, -0.05) is 37.6 Å². The molecule has 2 aromatic heterocycles. The van der Waals surface area contributed by atoms with Crippen LogP contribution < -0.4 is 0 Å². The minimum atomic E-state index is -0.485. The van der Waals surface area contributed by atoms with Gasteiger partial charge in [0.05, 0.1) is 5.52 Å². The Morgan fingerprint density at radius 2 is 2.09 bits per heavy atom.